The lowest BCUT2D eigenvalue weighted by molar-refractivity contribution is 0.0939. The standard InChI is InChI=1S/C15H21N3O/c1-9(2)13(19)10-6-7-11-12(8-10)17-14(16-11)18-15(3,4)5/h6-9H,1-5H3,(H2,16,17,18). The molecule has 0 aliphatic heterocycles. The van der Waals surface area contributed by atoms with Crippen molar-refractivity contribution >= 4 is 22.8 Å². The third-order valence-corrected chi connectivity index (χ3v) is 2.78. The summed E-state index contributed by atoms with van der Waals surface area (Å²) in [6.45, 7) is 10.0. The Morgan fingerprint density at radius 3 is 2.58 bits per heavy atom. The van der Waals surface area contributed by atoms with Gasteiger partial charge in [0.2, 0.25) is 5.95 Å². The molecule has 19 heavy (non-hydrogen) atoms. The van der Waals surface area contributed by atoms with Crippen molar-refractivity contribution < 1.29 is 4.79 Å². The van der Waals surface area contributed by atoms with E-state index in [0.717, 1.165) is 22.5 Å². The van der Waals surface area contributed by atoms with Crippen molar-refractivity contribution in [3.05, 3.63) is 23.8 Å². The zero-order valence-corrected chi connectivity index (χ0v) is 12.2. The van der Waals surface area contributed by atoms with Gasteiger partial charge in [0.25, 0.3) is 0 Å². The maximum absolute atomic E-state index is 12.0. The number of hydrogen-bond acceptors (Lipinski definition) is 3. The number of nitrogens with zero attached hydrogens (tertiary/aromatic N) is 1. The van der Waals surface area contributed by atoms with Gasteiger partial charge in [-0.2, -0.15) is 0 Å². The zero-order valence-electron chi connectivity index (χ0n) is 12.2. The van der Waals surface area contributed by atoms with E-state index in [-0.39, 0.29) is 17.2 Å². The number of benzene rings is 1. The first kappa shape index (κ1) is 13.6. The Morgan fingerprint density at radius 2 is 2.00 bits per heavy atom. The van der Waals surface area contributed by atoms with Gasteiger partial charge in [-0.1, -0.05) is 13.8 Å². The highest BCUT2D eigenvalue weighted by molar-refractivity contribution is 6.00. The van der Waals surface area contributed by atoms with Crippen molar-refractivity contribution in [3.63, 3.8) is 0 Å². The molecule has 4 heteroatoms. The molecule has 102 valence electrons. The Hall–Kier alpha value is -1.84. The second-order valence-electron chi connectivity index (χ2n) is 6.21. The van der Waals surface area contributed by atoms with Crippen molar-refractivity contribution in [2.24, 2.45) is 5.92 Å². The number of aromatic amines is 1. The van der Waals surface area contributed by atoms with Crippen LogP contribution >= 0.6 is 0 Å². The van der Waals surface area contributed by atoms with E-state index in [1.807, 2.05) is 32.0 Å². The molecular formula is C15H21N3O. The lowest BCUT2D eigenvalue weighted by atomic mass is 10.0. The van der Waals surface area contributed by atoms with Crippen molar-refractivity contribution in [1.29, 1.82) is 0 Å². The van der Waals surface area contributed by atoms with Crippen molar-refractivity contribution in [2.45, 2.75) is 40.2 Å². The highest BCUT2D eigenvalue weighted by Crippen LogP contribution is 2.20. The minimum absolute atomic E-state index is 0.00698. The molecule has 1 heterocycles. The fourth-order valence-corrected chi connectivity index (χ4v) is 1.91. The fraction of sp³-hybridized carbons (Fsp3) is 0.467. The number of Topliss-reactive ketones (excluding diaryl/α,β-unsaturated/α-hetero) is 1. The van der Waals surface area contributed by atoms with E-state index < -0.39 is 0 Å². The van der Waals surface area contributed by atoms with E-state index >= 15 is 0 Å². The van der Waals surface area contributed by atoms with Gasteiger partial charge in [-0.25, -0.2) is 4.98 Å². The van der Waals surface area contributed by atoms with Gasteiger partial charge in [0.1, 0.15) is 0 Å². The predicted octanol–water partition coefficient (Wildman–Crippen LogP) is 3.61. The van der Waals surface area contributed by atoms with E-state index in [1.54, 1.807) is 0 Å². The highest BCUT2D eigenvalue weighted by Gasteiger charge is 2.14. The number of anilines is 1. The normalized spacial score (nSPS) is 12.1. The number of ketones is 1. The smallest absolute Gasteiger partial charge is 0.201 e. The predicted molar refractivity (Wildman–Crippen MR) is 78.6 cm³/mol. The minimum atomic E-state index is -0.0511. The molecular weight excluding hydrogens is 238 g/mol. The average molecular weight is 259 g/mol. The van der Waals surface area contributed by atoms with Crippen LogP contribution in [0.25, 0.3) is 11.0 Å². The third kappa shape index (κ3) is 3.13. The molecule has 0 aliphatic carbocycles. The van der Waals surface area contributed by atoms with Gasteiger partial charge in [0.15, 0.2) is 5.78 Å². The van der Waals surface area contributed by atoms with E-state index in [0.29, 0.717) is 0 Å². The lowest BCUT2D eigenvalue weighted by Gasteiger charge is -2.19. The van der Waals surface area contributed by atoms with Crippen LogP contribution in [0.15, 0.2) is 18.2 Å². The topological polar surface area (TPSA) is 57.8 Å². The Balaban J connectivity index is 2.36. The Labute approximate surface area is 113 Å². The first-order chi connectivity index (χ1) is 8.76. The van der Waals surface area contributed by atoms with Crippen LogP contribution in [0, 0.1) is 5.92 Å². The van der Waals surface area contributed by atoms with Crippen LogP contribution in [0.1, 0.15) is 45.0 Å². The first-order valence-electron chi connectivity index (χ1n) is 6.58. The number of carbonyl (C=O) groups is 1. The van der Waals surface area contributed by atoms with Crippen LogP contribution in [-0.2, 0) is 0 Å². The summed E-state index contributed by atoms with van der Waals surface area (Å²) in [5.41, 5.74) is 2.43. The van der Waals surface area contributed by atoms with Crippen molar-refractivity contribution in [2.75, 3.05) is 5.32 Å². The van der Waals surface area contributed by atoms with Gasteiger partial charge in [-0.05, 0) is 39.0 Å². The summed E-state index contributed by atoms with van der Waals surface area (Å²) < 4.78 is 0. The summed E-state index contributed by atoms with van der Waals surface area (Å²) in [5.74, 6) is 0.894. The number of H-pyrrole nitrogens is 1. The highest BCUT2D eigenvalue weighted by atomic mass is 16.1. The van der Waals surface area contributed by atoms with Gasteiger partial charge in [0.05, 0.1) is 11.0 Å². The molecule has 1 aromatic heterocycles. The Morgan fingerprint density at radius 1 is 1.32 bits per heavy atom. The van der Waals surface area contributed by atoms with E-state index in [9.17, 15) is 4.79 Å². The summed E-state index contributed by atoms with van der Waals surface area (Å²) in [6.07, 6.45) is 0. The maximum atomic E-state index is 12.0. The quantitative estimate of drug-likeness (QED) is 0.828. The summed E-state index contributed by atoms with van der Waals surface area (Å²) >= 11 is 0. The van der Waals surface area contributed by atoms with Crippen molar-refractivity contribution in [3.8, 4) is 0 Å². The second kappa shape index (κ2) is 4.68. The van der Waals surface area contributed by atoms with Crippen molar-refractivity contribution in [1.82, 2.24) is 9.97 Å². The summed E-state index contributed by atoms with van der Waals surface area (Å²) in [7, 11) is 0. The number of imidazole rings is 1. The van der Waals surface area contributed by atoms with Gasteiger partial charge in [-0.15, -0.1) is 0 Å². The SMILES string of the molecule is CC(C)C(=O)c1ccc2nc(NC(C)(C)C)[nH]c2c1. The largest absolute Gasteiger partial charge is 0.351 e. The molecule has 0 spiro atoms. The van der Waals surface area contributed by atoms with E-state index in [1.165, 1.54) is 0 Å². The average Bonchev–Trinajstić information content (AvgIpc) is 2.65. The number of aromatic nitrogens is 2. The lowest BCUT2D eigenvalue weighted by Crippen LogP contribution is -2.26. The van der Waals surface area contributed by atoms with Gasteiger partial charge in [0, 0.05) is 17.0 Å². The molecule has 2 rings (SSSR count). The van der Waals surface area contributed by atoms with Crippen LogP contribution in [0.5, 0.6) is 0 Å². The molecule has 0 aliphatic rings. The van der Waals surface area contributed by atoms with Gasteiger partial charge in [-0.3, -0.25) is 4.79 Å². The van der Waals surface area contributed by atoms with Crippen LogP contribution in [0.2, 0.25) is 0 Å². The van der Waals surface area contributed by atoms with E-state index in [2.05, 4.69) is 36.1 Å². The maximum Gasteiger partial charge on any atom is 0.201 e. The molecule has 0 unspecified atom stereocenters. The monoisotopic (exact) mass is 259 g/mol. The fourth-order valence-electron chi connectivity index (χ4n) is 1.91. The Kier molecular flexibility index (Phi) is 3.35. The van der Waals surface area contributed by atoms with Crippen LogP contribution < -0.4 is 5.32 Å². The van der Waals surface area contributed by atoms with Gasteiger partial charge >= 0.3 is 0 Å². The number of rotatable bonds is 3. The zero-order chi connectivity index (χ0) is 14.2. The molecule has 0 saturated heterocycles. The van der Waals surface area contributed by atoms with Crippen LogP contribution in [0.4, 0.5) is 5.95 Å². The molecule has 0 fully saturated rings. The molecule has 2 N–H and O–H groups in total. The number of fused-ring (bicyclic) bond motifs is 1. The summed E-state index contributed by atoms with van der Waals surface area (Å²) in [6, 6.07) is 5.60. The second-order valence-corrected chi connectivity index (χ2v) is 6.21. The molecule has 0 saturated carbocycles. The number of carbonyl (C=O) groups excluding carboxylic acids is 1. The molecule has 2 aromatic rings. The Bertz CT molecular complexity index is 605. The molecule has 0 atom stereocenters. The molecule has 4 nitrogen and oxygen atoms in total. The third-order valence-electron chi connectivity index (χ3n) is 2.78. The molecule has 0 bridgehead atoms. The number of nitrogens with one attached hydrogen (secondary N) is 2. The molecule has 0 amide bonds. The molecule has 1 aromatic carbocycles. The van der Waals surface area contributed by atoms with E-state index in [4.69, 9.17) is 0 Å². The molecule has 0 radical (unpaired) electrons. The minimum Gasteiger partial charge on any atom is -0.351 e. The summed E-state index contributed by atoms with van der Waals surface area (Å²) in [5, 5.41) is 3.29. The van der Waals surface area contributed by atoms with Crippen LogP contribution in [0.3, 0.4) is 0 Å². The first-order valence-corrected chi connectivity index (χ1v) is 6.58. The van der Waals surface area contributed by atoms with Gasteiger partial charge < -0.3 is 10.3 Å². The number of hydrogen-bond donors (Lipinski definition) is 2. The van der Waals surface area contributed by atoms with Crippen LogP contribution in [-0.4, -0.2) is 21.3 Å². The summed E-state index contributed by atoms with van der Waals surface area (Å²) in [4.78, 5) is 19.7.